The Morgan fingerprint density at radius 2 is 2.30 bits per heavy atom. The van der Waals surface area contributed by atoms with Gasteiger partial charge in [0.25, 0.3) is 0 Å². The minimum atomic E-state index is -3.57. The predicted octanol–water partition coefficient (Wildman–Crippen LogP) is 1.63. The molecule has 108 valence electrons. The third kappa shape index (κ3) is 3.70. The molecule has 0 radical (unpaired) electrons. The molecular weight excluding hydrogens is 298 g/mol. The highest BCUT2D eigenvalue weighted by Crippen LogP contribution is 2.20. The summed E-state index contributed by atoms with van der Waals surface area (Å²) in [6.07, 6.45) is 3.00. The summed E-state index contributed by atoms with van der Waals surface area (Å²) < 4.78 is 26.7. The first kappa shape index (κ1) is 15.3. The van der Waals surface area contributed by atoms with Crippen LogP contribution >= 0.6 is 11.6 Å². The standard InChI is InChI=1S/C13H16ClN3O2S/c14-13-8-12(4-3-10(13)9-15)20(18,19)17-7-5-11-2-1-6-16-11/h3-4,8,11,16-17H,1-2,5-7H2/t11-/m1/s1. The first-order chi connectivity index (χ1) is 9.53. The van der Waals surface area contributed by atoms with Crippen molar-refractivity contribution in [2.75, 3.05) is 13.1 Å². The van der Waals surface area contributed by atoms with E-state index in [0.29, 0.717) is 12.6 Å². The highest BCUT2D eigenvalue weighted by Gasteiger charge is 2.18. The number of hydrogen-bond donors (Lipinski definition) is 2. The summed E-state index contributed by atoms with van der Waals surface area (Å²) in [5, 5.41) is 12.2. The van der Waals surface area contributed by atoms with Crippen LogP contribution in [0.15, 0.2) is 23.1 Å². The van der Waals surface area contributed by atoms with Crippen LogP contribution in [0.1, 0.15) is 24.8 Å². The van der Waals surface area contributed by atoms with Gasteiger partial charge in [-0.25, -0.2) is 13.1 Å². The second-order valence-electron chi connectivity index (χ2n) is 4.73. The molecule has 20 heavy (non-hydrogen) atoms. The molecule has 2 rings (SSSR count). The second kappa shape index (κ2) is 6.55. The number of rotatable bonds is 5. The van der Waals surface area contributed by atoms with Gasteiger partial charge >= 0.3 is 0 Å². The van der Waals surface area contributed by atoms with E-state index in [0.717, 1.165) is 25.8 Å². The first-order valence-corrected chi connectivity index (χ1v) is 8.32. The molecule has 0 saturated carbocycles. The molecule has 2 N–H and O–H groups in total. The van der Waals surface area contributed by atoms with Gasteiger partial charge in [-0.3, -0.25) is 0 Å². The number of nitrogens with zero attached hydrogens (tertiary/aromatic N) is 1. The molecule has 5 nitrogen and oxygen atoms in total. The molecule has 1 heterocycles. The van der Waals surface area contributed by atoms with Gasteiger partial charge in [0, 0.05) is 12.6 Å². The molecular formula is C13H16ClN3O2S. The fraction of sp³-hybridized carbons (Fsp3) is 0.462. The van der Waals surface area contributed by atoms with Crippen molar-refractivity contribution in [1.29, 1.82) is 5.26 Å². The molecule has 0 bridgehead atoms. The van der Waals surface area contributed by atoms with Crippen LogP contribution in [0.4, 0.5) is 0 Å². The predicted molar refractivity (Wildman–Crippen MR) is 77.0 cm³/mol. The van der Waals surface area contributed by atoms with Crippen molar-refractivity contribution in [2.24, 2.45) is 0 Å². The molecule has 1 aliphatic rings. The molecule has 0 aliphatic carbocycles. The Morgan fingerprint density at radius 3 is 2.90 bits per heavy atom. The minimum absolute atomic E-state index is 0.0841. The van der Waals surface area contributed by atoms with Crippen molar-refractivity contribution in [3.05, 3.63) is 28.8 Å². The Balaban J connectivity index is 1.99. The fourth-order valence-corrected chi connectivity index (χ4v) is 3.57. The smallest absolute Gasteiger partial charge is 0.240 e. The lowest BCUT2D eigenvalue weighted by Gasteiger charge is -2.11. The highest BCUT2D eigenvalue weighted by molar-refractivity contribution is 7.89. The van der Waals surface area contributed by atoms with Gasteiger partial charge in [0.15, 0.2) is 0 Å². The van der Waals surface area contributed by atoms with Crippen molar-refractivity contribution in [3.63, 3.8) is 0 Å². The van der Waals surface area contributed by atoms with Crippen LogP contribution in [0, 0.1) is 11.3 Å². The zero-order valence-corrected chi connectivity index (χ0v) is 12.5. The summed E-state index contributed by atoms with van der Waals surface area (Å²) in [4.78, 5) is 0.0841. The summed E-state index contributed by atoms with van der Waals surface area (Å²) in [7, 11) is -3.57. The molecule has 1 fully saturated rings. The maximum Gasteiger partial charge on any atom is 0.240 e. The zero-order valence-electron chi connectivity index (χ0n) is 10.9. The SMILES string of the molecule is N#Cc1ccc(S(=O)(=O)NCC[C@H]2CCCN2)cc1Cl. The van der Waals surface area contributed by atoms with Gasteiger partial charge in [0.2, 0.25) is 10.0 Å². The average Bonchev–Trinajstić information content (AvgIpc) is 2.91. The van der Waals surface area contributed by atoms with E-state index in [-0.39, 0.29) is 15.5 Å². The Kier molecular flexibility index (Phi) is 5.00. The summed E-state index contributed by atoms with van der Waals surface area (Å²) in [6.45, 7) is 1.39. The topological polar surface area (TPSA) is 82.0 Å². The molecule has 0 spiro atoms. The van der Waals surface area contributed by atoms with E-state index in [4.69, 9.17) is 16.9 Å². The van der Waals surface area contributed by atoms with Crippen LogP contribution in [0.5, 0.6) is 0 Å². The third-order valence-corrected chi connectivity index (χ3v) is 5.09. The average molecular weight is 314 g/mol. The molecule has 1 atom stereocenters. The van der Waals surface area contributed by atoms with Gasteiger partial charge in [0.1, 0.15) is 6.07 Å². The van der Waals surface area contributed by atoms with E-state index < -0.39 is 10.0 Å². The van der Waals surface area contributed by atoms with E-state index in [1.54, 1.807) is 0 Å². The van der Waals surface area contributed by atoms with E-state index in [2.05, 4.69) is 10.0 Å². The molecule has 7 heteroatoms. The van der Waals surface area contributed by atoms with Gasteiger partial charge in [-0.2, -0.15) is 5.26 Å². The Bertz CT molecular complexity index is 619. The van der Waals surface area contributed by atoms with Crippen LogP contribution in [-0.4, -0.2) is 27.5 Å². The maximum absolute atomic E-state index is 12.1. The lowest BCUT2D eigenvalue weighted by molar-refractivity contribution is 0.539. The zero-order chi connectivity index (χ0) is 14.6. The molecule has 0 aromatic heterocycles. The number of nitrogens with one attached hydrogen (secondary N) is 2. The highest BCUT2D eigenvalue weighted by atomic mass is 35.5. The van der Waals surface area contributed by atoms with Crippen molar-refractivity contribution in [3.8, 4) is 6.07 Å². The molecule has 0 amide bonds. The first-order valence-electron chi connectivity index (χ1n) is 6.45. The quantitative estimate of drug-likeness (QED) is 0.865. The molecule has 1 aliphatic heterocycles. The monoisotopic (exact) mass is 313 g/mol. The van der Waals surface area contributed by atoms with E-state index in [9.17, 15) is 8.42 Å². The summed E-state index contributed by atoms with van der Waals surface area (Å²) in [5.41, 5.74) is 0.265. The normalized spacial score (nSPS) is 18.9. The lowest BCUT2D eigenvalue weighted by atomic mass is 10.2. The van der Waals surface area contributed by atoms with Gasteiger partial charge in [0.05, 0.1) is 15.5 Å². The van der Waals surface area contributed by atoms with E-state index in [1.165, 1.54) is 18.2 Å². The molecule has 0 unspecified atom stereocenters. The minimum Gasteiger partial charge on any atom is -0.314 e. The van der Waals surface area contributed by atoms with Crippen LogP contribution < -0.4 is 10.0 Å². The van der Waals surface area contributed by atoms with Crippen molar-refractivity contribution in [2.45, 2.75) is 30.2 Å². The summed E-state index contributed by atoms with van der Waals surface area (Å²) >= 11 is 5.85. The van der Waals surface area contributed by atoms with Crippen LogP contribution in [0.25, 0.3) is 0 Å². The number of hydrogen-bond acceptors (Lipinski definition) is 4. The van der Waals surface area contributed by atoms with Crippen molar-refractivity contribution >= 4 is 21.6 Å². The van der Waals surface area contributed by atoms with Gasteiger partial charge in [-0.05, 0) is 44.0 Å². The van der Waals surface area contributed by atoms with Crippen molar-refractivity contribution < 1.29 is 8.42 Å². The summed E-state index contributed by atoms with van der Waals surface area (Å²) in [6, 6.07) is 6.39. The van der Waals surface area contributed by atoms with Gasteiger partial charge < -0.3 is 5.32 Å². The van der Waals surface area contributed by atoms with Gasteiger partial charge in [-0.1, -0.05) is 11.6 Å². The fourth-order valence-electron chi connectivity index (χ4n) is 2.21. The van der Waals surface area contributed by atoms with Crippen LogP contribution in [0.3, 0.4) is 0 Å². The number of sulfonamides is 1. The van der Waals surface area contributed by atoms with Gasteiger partial charge in [-0.15, -0.1) is 0 Å². The van der Waals surface area contributed by atoms with Crippen LogP contribution in [0.2, 0.25) is 5.02 Å². The van der Waals surface area contributed by atoms with E-state index in [1.807, 2.05) is 6.07 Å². The molecule has 1 saturated heterocycles. The largest absolute Gasteiger partial charge is 0.314 e. The number of benzene rings is 1. The molecule has 1 aromatic rings. The Hall–Kier alpha value is -1.13. The Morgan fingerprint density at radius 1 is 1.50 bits per heavy atom. The summed E-state index contributed by atoms with van der Waals surface area (Å²) in [5.74, 6) is 0. The van der Waals surface area contributed by atoms with Crippen LogP contribution in [-0.2, 0) is 10.0 Å². The van der Waals surface area contributed by atoms with E-state index >= 15 is 0 Å². The Labute approximate surface area is 124 Å². The maximum atomic E-state index is 12.1. The number of halogens is 1. The lowest BCUT2D eigenvalue weighted by Crippen LogP contribution is -2.30. The third-order valence-electron chi connectivity index (χ3n) is 3.32. The second-order valence-corrected chi connectivity index (χ2v) is 6.91. The van der Waals surface area contributed by atoms with Crippen molar-refractivity contribution in [1.82, 2.24) is 10.0 Å². The molecule has 1 aromatic carbocycles. The number of nitriles is 1.